The molecule has 0 radical (unpaired) electrons. The smallest absolute Gasteiger partial charge is 0.222 e. The Bertz CT molecular complexity index is 583. The fourth-order valence-electron chi connectivity index (χ4n) is 3.47. The third kappa shape index (κ3) is 20.9. The molecule has 0 spiro atoms. The van der Waals surface area contributed by atoms with Crippen LogP contribution in [0, 0.1) is 0 Å². The van der Waals surface area contributed by atoms with Gasteiger partial charge in [0, 0.05) is 0 Å². The highest BCUT2D eigenvalue weighted by Crippen LogP contribution is 2.10. The highest BCUT2D eigenvalue weighted by molar-refractivity contribution is 5.76. The van der Waals surface area contributed by atoms with Crippen molar-refractivity contribution in [2.45, 2.75) is 122 Å². The van der Waals surface area contributed by atoms with Crippen LogP contribution in [0.4, 0.5) is 0 Å². The second-order valence-electron chi connectivity index (χ2n) is 8.89. The van der Waals surface area contributed by atoms with Crippen LogP contribution in [0.3, 0.4) is 0 Å². The van der Waals surface area contributed by atoms with Gasteiger partial charge < -0.3 is 20.6 Å². The Hall–Kier alpha value is -1.69. The lowest BCUT2D eigenvalue weighted by atomic mass is 10.1. The Morgan fingerprint density at radius 1 is 0.765 bits per heavy atom. The number of aliphatic hydroxyl groups is 3. The number of carbonyl (C=O) groups excluding carboxylic acids is 1. The molecule has 3 atom stereocenters. The van der Waals surface area contributed by atoms with Gasteiger partial charge in [0.15, 0.2) is 0 Å². The van der Waals surface area contributed by atoms with Gasteiger partial charge in [-0.3, -0.25) is 4.79 Å². The zero-order chi connectivity index (χ0) is 25.3. The van der Waals surface area contributed by atoms with E-state index in [1.807, 2.05) is 6.08 Å². The summed E-state index contributed by atoms with van der Waals surface area (Å²) in [5.41, 5.74) is 0. The third-order valence-corrected chi connectivity index (χ3v) is 5.58. The van der Waals surface area contributed by atoms with Crippen molar-refractivity contribution >= 4 is 5.91 Å². The molecule has 0 aliphatic carbocycles. The standard InChI is InChI=1S/C29H51NO4/c1-3-5-7-9-11-13-15-17-19-21-23-28(33)27(25-31)30-29(34)24-26(32)22-20-18-16-14-12-10-8-6-4-2/h5,7,10,12-13,15,21,23,26-28,31-33H,3-4,6,8-9,11,14,16-20,22,24-25H2,1-2H3,(H,30,34)/b7-5+,12-10-,15-13+,23-21+. The van der Waals surface area contributed by atoms with Gasteiger partial charge in [-0.05, 0) is 57.8 Å². The average Bonchev–Trinajstić information content (AvgIpc) is 2.82. The highest BCUT2D eigenvalue weighted by atomic mass is 16.3. The Morgan fingerprint density at radius 2 is 1.35 bits per heavy atom. The van der Waals surface area contributed by atoms with E-state index >= 15 is 0 Å². The van der Waals surface area contributed by atoms with Crippen molar-refractivity contribution in [2.75, 3.05) is 6.61 Å². The van der Waals surface area contributed by atoms with Crippen molar-refractivity contribution in [3.63, 3.8) is 0 Å². The van der Waals surface area contributed by atoms with Gasteiger partial charge in [-0.25, -0.2) is 0 Å². The molecular weight excluding hydrogens is 426 g/mol. The zero-order valence-electron chi connectivity index (χ0n) is 21.7. The van der Waals surface area contributed by atoms with Gasteiger partial charge in [-0.1, -0.05) is 88.1 Å². The number of amides is 1. The van der Waals surface area contributed by atoms with Crippen LogP contribution in [0.1, 0.15) is 104 Å². The molecule has 0 saturated carbocycles. The Kier molecular flexibility index (Phi) is 23.2. The molecule has 34 heavy (non-hydrogen) atoms. The summed E-state index contributed by atoms with van der Waals surface area (Å²) in [5.74, 6) is -0.349. The summed E-state index contributed by atoms with van der Waals surface area (Å²) in [7, 11) is 0. The number of hydrogen-bond acceptors (Lipinski definition) is 4. The molecule has 5 heteroatoms. The van der Waals surface area contributed by atoms with Crippen LogP contribution >= 0.6 is 0 Å². The Labute approximate surface area is 208 Å². The minimum Gasteiger partial charge on any atom is -0.394 e. The fourth-order valence-corrected chi connectivity index (χ4v) is 3.47. The quantitative estimate of drug-likeness (QED) is 0.115. The largest absolute Gasteiger partial charge is 0.394 e. The maximum atomic E-state index is 12.2. The van der Waals surface area contributed by atoms with Gasteiger partial charge in [-0.15, -0.1) is 0 Å². The van der Waals surface area contributed by atoms with E-state index in [1.54, 1.807) is 6.08 Å². The van der Waals surface area contributed by atoms with Crippen molar-refractivity contribution in [2.24, 2.45) is 0 Å². The number of aliphatic hydroxyl groups excluding tert-OH is 3. The van der Waals surface area contributed by atoms with Crippen LogP contribution in [-0.2, 0) is 4.79 Å². The lowest BCUT2D eigenvalue weighted by molar-refractivity contribution is -0.124. The number of unbranched alkanes of at least 4 members (excludes halogenated alkanes) is 7. The molecule has 5 nitrogen and oxygen atoms in total. The van der Waals surface area contributed by atoms with E-state index in [1.165, 1.54) is 12.8 Å². The summed E-state index contributed by atoms with van der Waals surface area (Å²) in [5, 5.41) is 32.6. The van der Waals surface area contributed by atoms with Crippen LogP contribution < -0.4 is 5.32 Å². The zero-order valence-corrected chi connectivity index (χ0v) is 21.7. The second kappa shape index (κ2) is 24.4. The van der Waals surface area contributed by atoms with Crippen LogP contribution in [0.15, 0.2) is 48.6 Å². The van der Waals surface area contributed by atoms with Crippen LogP contribution in [-0.4, -0.2) is 46.1 Å². The summed E-state index contributed by atoms with van der Waals surface area (Å²) in [6.45, 7) is 3.96. The fraction of sp³-hybridized carbons (Fsp3) is 0.690. The monoisotopic (exact) mass is 477 g/mol. The van der Waals surface area contributed by atoms with E-state index in [0.29, 0.717) is 6.42 Å². The van der Waals surface area contributed by atoms with E-state index in [4.69, 9.17) is 0 Å². The van der Waals surface area contributed by atoms with E-state index in [2.05, 4.69) is 55.6 Å². The van der Waals surface area contributed by atoms with Crippen LogP contribution in [0.2, 0.25) is 0 Å². The molecule has 0 saturated heterocycles. The molecule has 0 aliphatic heterocycles. The Morgan fingerprint density at radius 3 is 1.97 bits per heavy atom. The molecular formula is C29H51NO4. The number of hydrogen-bond donors (Lipinski definition) is 4. The normalized spacial score (nSPS) is 15.1. The first-order valence-electron chi connectivity index (χ1n) is 13.4. The molecule has 0 aromatic rings. The predicted molar refractivity (Wildman–Crippen MR) is 144 cm³/mol. The first-order chi connectivity index (χ1) is 16.5. The van der Waals surface area contributed by atoms with Crippen molar-refractivity contribution in [1.82, 2.24) is 5.32 Å². The minimum atomic E-state index is -0.959. The molecule has 0 rings (SSSR count). The van der Waals surface area contributed by atoms with Crippen molar-refractivity contribution in [3.05, 3.63) is 48.6 Å². The topological polar surface area (TPSA) is 89.8 Å². The van der Waals surface area contributed by atoms with Gasteiger partial charge >= 0.3 is 0 Å². The molecule has 3 unspecified atom stereocenters. The molecule has 0 aromatic heterocycles. The minimum absolute atomic E-state index is 0.0118. The molecule has 4 N–H and O–H groups in total. The molecule has 0 heterocycles. The number of allylic oxidation sites excluding steroid dienone is 7. The van der Waals surface area contributed by atoms with Crippen LogP contribution in [0.25, 0.3) is 0 Å². The summed E-state index contributed by atoms with van der Waals surface area (Å²) in [4.78, 5) is 12.2. The molecule has 196 valence electrons. The first-order valence-corrected chi connectivity index (χ1v) is 13.4. The number of rotatable bonds is 22. The van der Waals surface area contributed by atoms with E-state index in [-0.39, 0.29) is 18.9 Å². The van der Waals surface area contributed by atoms with E-state index in [0.717, 1.165) is 64.2 Å². The summed E-state index contributed by atoms with van der Waals surface area (Å²) >= 11 is 0. The van der Waals surface area contributed by atoms with Gasteiger partial charge in [0.05, 0.1) is 31.3 Å². The molecule has 0 aliphatic rings. The SMILES string of the molecule is CC/C=C/CC/C=C/CC/C=C/C(O)C(CO)NC(=O)CC(O)CCCCC/C=C\CCCC. The average molecular weight is 478 g/mol. The Balaban J connectivity index is 4.00. The maximum absolute atomic E-state index is 12.2. The van der Waals surface area contributed by atoms with Gasteiger partial charge in [0.1, 0.15) is 0 Å². The summed E-state index contributed by atoms with van der Waals surface area (Å²) in [6, 6.07) is -0.767. The number of carbonyl (C=O) groups is 1. The summed E-state index contributed by atoms with van der Waals surface area (Å²) in [6.07, 6.45) is 28.1. The van der Waals surface area contributed by atoms with E-state index < -0.39 is 18.2 Å². The first kappa shape index (κ1) is 32.3. The predicted octanol–water partition coefficient (Wildman–Crippen LogP) is 5.91. The van der Waals surface area contributed by atoms with Gasteiger partial charge in [0.25, 0.3) is 0 Å². The van der Waals surface area contributed by atoms with Crippen molar-refractivity contribution in [1.29, 1.82) is 0 Å². The van der Waals surface area contributed by atoms with Gasteiger partial charge in [-0.2, -0.15) is 0 Å². The third-order valence-electron chi connectivity index (χ3n) is 5.58. The molecule has 0 bridgehead atoms. The maximum Gasteiger partial charge on any atom is 0.222 e. The van der Waals surface area contributed by atoms with Crippen molar-refractivity contribution in [3.8, 4) is 0 Å². The number of nitrogens with one attached hydrogen (secondary N) is 1. The molecule has 1 amide bonds. The second-order valence-corrected chi connectivity index (χ2v) is 8.89. The van der Waals surface area contributed by atoms with E-state index in [9.17, 15) is 20.1 Å². The van der Waals surface area contributed by atoms with Crippen molar-refractivity contribution < 1.29 is 20.1 Å². The lowest BCUT2D eigenvalue weighted by Gasteiger charge is -2.20. The van der Waals surface area contributed by atoms with Gasteiger partial charge in [0.2, 0.25) is 5.91 Å². The molecule has 0 aromatic carbocycles. The lowest BCUT2D eigenvalue weighted by Crippen LogP contribution is -2.45. The summed E-state index contributed by atoms with van der Waals surface area (Å²) < 4.78 is 0. The van der Waals surface area contributed by atoms with Crippen LogP contribution in [0.5, 0.6) is 0 Å². The highest BCUT2D eigenvalue weighted by Gasteiger charge is 2.19. The molecule has 0 fully saturated rings.